The summed E-state index contributed by atoms with van der Waals surface area (Å²) in [7, 11) is 0.708. The van der Waals surface area contributed by atoms with Gasteiger partial charge in [0.2, 0.25) is 0 Å². The van der Waals surface area contributed by atoms with Crippen LogP contribution in [0.25, 0.3) is 0 Å². The van der Waals surface area contributed by atoms with Crippen LogP contribution in [-0.4, -0.2) is 34.0 Å². The van der Waals surface area contributed by atoms with Crippen LogP contribution < -0.4 is 0 Å². The van der Waals surface area contributed by atoms with Gasteiger partial charge in [0.15, 0.2) is 0 Å². The van der Waals surface area contributed by atoms with Crippen LogP contribution in [0.1, 0.15) is 72.6 Å². The van der Waals surface area contributed by atoms with Crippen LogP contribution in [0.5, 0.6) is 0 Å². The van der Waals surface area contributed by atoms with Crippen molar-refractivity contribution in [1.29, 1.82) is 0 Å². The fourth-order valence-corrected chi connectivity index (χ4v) is 14.5. The van der Waals surface area contributed by atoms with E-state index in [1.165, 1.54) is 11.3 Å². The van der Waals surface area contributed by atoms with Crippen molar-refractivity contribution in [3.63, 3.8) is 0 Å². The number of hydrogen-bond donors (Lipinski definition) is 0. The van der Waals surface area contributed by atoms with Gasteiger partial charge in [0, 0.05) is 0 Å². The van der Waals surface area contributed by atoms with Gasteiger partial charge in [0.05, 0.1) is 0 Å². The Morgan fingerprint density at radius 2 is 0.842 bits per heavy atom. The molecule has 0 aromatic carbocycles. The molecule has 3 rings (SSSR count). The molecule has 2 saturated heterocycles. The largest absolute Gasteiger partial charge is 0.0971 e. The lowest BCUT2D eigenvalue weighted by molar-refractivity contribution is 0.777. The summed E-state index contributed by atoms with van der Waals surface area (Å²) in [4.78, 5) is 0. The Balaban J connectivity index is 1.77. The molecule has 0 radical (unpaired) electrons. The summed E-state index contributed by atoms with van der Waals surface area (Å²) in [6.07, 6.45) is 10.9. The van der Waals surface area contributed by atoms with Crippen molar-refractivity contribution in [2.75, 3.05) is 0 Å². The predicted molar refractivity (Wildman–Crippen MR) is 91.6 cm³/mol. The fraction of sp³-hybridized carbons (Fsp3) is 1.00. The monoisotopic (exact) mass is 298 g/mol. The van der Waals surface area contributed by atoms with Gasteiger partial charge >= 0.3 is 0 Å². The van der Waals surface area contributed by atoms with Gasteiger partial charge in [0.25, 0.3) is 0 Å². The summed E-state index contributed by atoms with van der Waals surface area (Å²) in [5, 5.41) is 0. The van der Waals surface area contributed by atoms with Crippen LogP contribution in [0.3, 0.4) is 0 Å². The van der Waals surface area contributed by atoms with E-state index in [0.29, 0.717) is 15.8 Å². The van der Waals surface area contributed by atoms with Crippen molar-refractivity contribution in [2.45, 2.75) is 107 Å². The lowest BCUT2D eigenvalue weighted by Crippen LogP contribution is -2.25. The van der Waals surface area contributed by atoms with Gasteiger partial charge in [-0.25, -0.2) is 0 Å². The van der Waals surface area contributed by atoms with E-state index in [2.05, 4.69) is 27.7 Å². The number of hydrogen-bond acceptors (Lipinski definition) is 0. The van der Waals surface area contributed by atoms with E-state index in [-0.39, 0.29) is 0 Å². The highest BCUT2D eigenvalue weighted by Gasteiger charge is 2.47. The van der Waals surface area contributed by atoms with E-state index in [0.717, 1.165) is 22.6 Å². The first-order chi connectivity index (χ1) is 9.09. The average molecular weight is 298 g/mol. The first-order valence-corrected chi connectivity index (χ1v) is 11.7. The van der Waals surface area contributed by atoms with Gasteiger partial charge in [-0.2, -0.15) is 0 Å². The van der Waals surface area contributed by atoms with E-state index in [9.17, 15) is 0 Å². The quantitative estimate of drug-likeness (QED) is 0.547. The van der Waals surface area contributed by atoms with Crippen LogP contribution in [0.2, 0.25) is 0 Å². The summed E-state index contributed by atoms with van der Waals surface area (Å²) in [5.41, 5.74) is 6.68. The highest BCUT2D eigenvalue weighted by molar-refractivity contribution is 7.64. The van der Waals surface area contributed by atoms with E-state index in [4.69, 9.17) is 0 Å². The van der Waals surface area contributed by atoms with Crippen LogP contribution in [0.15, 0.2) is 0 Å². The zero-order chi connectivity index (χ0) is 13.6. The molecule has 1 saturated carbocycles. The van der Waals surface area contributed by atoms with Crippen LogP contribution in [0.4, 0.5) is 0 Å². The third-order valence-electron chi connectivity index (χ3n) is 6.25. The molecule has 3 aliphatic rings. The maximum absolute atomic E-state index is 2.58. The van der Waals surface area contributed by atoms with Crippen molar-refractivity contribution in [1.82, 2.24) is 0 Å². The summed E-state index contributed by atoms with van der Waals surface area (Å²) in [6.45, 7) is 10.3. The Kier molecular flexibility index (Phi) is 4.61. The third kappa shape index (κ3) is 2.66. The fourth-order valence-electron chi connectivity index (χ4n) is 5.35. The Morgan fingerprint density at radius 1 is 0.526 bits per heavy atom. The van der Waals surface area contributed by atoms with Gasteiger partial charge in [-0.05, 0) is 72.5 Å². The van der Waals surface area contributed by atoms with Crippen molar-refractivity contribution in [3.05, 3.63) is 0 Å². The van der Waals surface area contributed by atoms with E-state index in [1.807, 2.05) is 0 Å². The highest BCUT2D eigenvalue weighted by Crippen LogP contribution is 2.70. The molecule has 0 aromatic heterocycles. The molecule has 2 aliphatic heterocycles. The van der Waals surface area contributed by atoms with E-state index < -0.39 is 0 Å². The molecule has 0 amide bonds. The lowest BCUT2D eigenvalue weighted by Gasteiger charge is -2.38. The lowest BCUT2D eigenvalue weighted by atomic mass is 10.2. The van der Waals surface area contributed by atoms with Crippen LogP contribution in [-0.2, 0) is 0 Å². The summed E-state index contributed by atoms with van der Waals surface area (Å²) in [5.74, 6) is 0. The molecule has 0 nitrogen and oxygen atoms in total. The topological polar surface area (TPSA) is 0 Å². The molecule has 19 heavy (non-hydrogen) atoms. The van der Waals surface area contributed by atoms with Crippen molar-refractivity contribution in [2.24, 2.45) is 0 Å². The molecule has 2 heterocycles. The summed E-state index contributed by atoms with van der Waals surface area (Å²) in [6, 6.07) is 0. The molecule has 0 aromatic rings. The van der Waals surface area contributed by atoms with Gasteiger partial charge in [0.1, 0.15) is 0 Å². The van der Waals surface area contributed by atoms with Crippen LogP contribution >= 0.6 is 15.8 Å². The Hall–Kier alpha value is 0.860. The molecular formula is C17H32P2. The molecule has 6 unspecified atom stereocenters. The molecule has 1 aliphatic carbocycles. The second-order valence-corrected chi connectivity index (χ2v) is 14.2. The van der Waals surface area contributed by atoms with E-state index in [1.54, 1.807) is 44.9 Å². The molecular weight excluding hydrogens is 266 g/mol. The average Bonchev–Trinajstić information content (AvgIpc) is 3.02. The Labute approximate surface area is 123 Å². The minimum Gasteiger partial charge on any atom is -0.0971 e. The molecule has 0 bridgehead atoms. The van der Waals surface area contributed by atoms with Gasteiger partial charge < -0.3 is 0 Å². The number of rotatable bonds is 2. The van der Waals surface area contributed by atoms with Crippen molar-refractivity contribution in [3.8, 4) is 0 Å². The second-order valence-electron chi connectivity index (χ2n) is 7.51. The minimum absolute atomic E-state index is 0.354. The molecule has 3 fully saturated rings. The van der Waals surface area contributed by atoms with Crippen molar-refractivity contribution >= 4 is 15.8 Å². The first-order valence-electron chi connectivity index (χ1n) is 8.64. The predicted octanol–water partition coefficient (Wildman–Crippen LogP) is 6.01. The maximum atomic E-state index is 2.58. The molecule has 0 spiro atoms. The smallest absolute Gasteiger partial charge is 0.0136 e. The van der Waals surface area contributed by atoms with Crippen molar-refractivity contribution < 1.29 is 0 Å². The zero-order valence-corrected chi connectivity index (χ0v) is 15.1. The van der Waals surface area contributed by atoms with E-state index >= 15 is 0 Å². The summed E-state index contributed by atoms with van der Waals surface area (Å²) < 4.78 is 0. The molecule has 110 valence electrons. The summed E-state index contributed by atoms with van der Waals surface area (Å²) >= 11 is 0. The highest BCUT2D eigenvalue weighted by atomic mass is 31.1. The zero-order valence-electron chi connectivity index (χ0n) is 13.3. The van der Waals surface area contributed by atoms with Gasteiger partial charge in [-0.1, -0.05) is 50.0 Å². The third-order valence-corrected chi connectivity index (χ3v) is 14.4. The first kappa shape index (κ1) is 14.8. The van der Waals surface area contributed by atoms with Crippen LogP contribution in [0, 0.1) is 0 Å². The second kappa shape index (κ2) is 5.93. The molecule has 2 heteroatoms. The SMILES string of the molecule is CC1CC[C@@H](C)P1C1CCCC1P1C(C)CC[C@H]1C. The Morgan fingerprint density at radius 3 is 1.16 bits per heavy atom. The Bertz CT molecular complexity index is 266. The van der Waals surface area contributed by atoms with Gasteiger partial charge in [-0.15, -0.1) is 0 Å². The normalized spacial score (nSPS) is 54.9. The maximum Gasteiger partial charge on any atom is -0.0136 e. The van der Waals surface area contributed by atoms with Gasteiger partial charge in [-0.3, -0.25) is 0 Å². The molecule has 8 atom stereocenters. The minimum atomic E-state index is 0.354. The molecule has 0 N–H and O–H groups in total. The standard InChI is InChI=1S/C17H32P2/c1-12-8-9-13(2)18(12)16-6-5-7-17(16)19-14(3)10-11-15(19)4/h12-17H,5-11H2,1-4H3/t12-,13?,14-,15?,16?,17?,18?,19?/m1/s1.